The fourth-order valence-electron chi connectivity index (χ4n) is 3.05. The van der Waals surface area contributed by atoms with Crippen molar-refractivity contribution in [1.82, 2.24) is 0 Å². The number of benzene rings is 1. The monoisotopic (exact) mass is 246 g/mol. The van der Waals surface area contributed by atoms with E-state index < -0.39 is 0 Å². The standard InChI is InChI=1S/C15H22N2O/c1-11-9-12-4-6-17(15(12)10-14(11)16)7-5-13-3-2-8-18-13/h9-10,13H,2-8,16H2,1H3. The molecule has 1 fully saturated rings. The molecule has 18 heavy (non-hydrogen) atoms. The number of nitrogens with zero attached hydrogens (tertiary/aromatic N) is 1. The van der Waals surface area contributed by atoms with E-state index in [1.807, 2.05) is 0 Å². The summed E-state index contributed by atoms with van der Waals surface area (Å²) in [6, 6.07) is 4.39. The van der Waals surface area contributed by atoms with E-state index in [1.165, 1.54) is 29.7 Å². The summed E-state index contributed by atoms with van der Waals surface area (Å²) in [5.74, 6) is 0. The summed E-state index contributed by atoms with van der Waals surface area (Å²) in [4.78, 5) is 2.47. The van der Waals surface area contributed by atoms with Crippen LogP contribution in [-0.2, 0) is 11.2 Å². The molecular weight excluding hydrogens is 224 g/mol. The Balaban J connectivity index is 1.68. The van der Waals surface area contributed by atoms with Gasteiger partial charge in [-0.2, -0.15) is 0 Å². The first kappa shape index (κ1) is 11.8. The van der Waals surface area contributed by atoms with Crippen LogP contribution >= 0.6 is 0 Å². The summed E-state index contributed by atoms with van der Waals surface area (Å²) in [6.45, 7) is 5.27. The van der Waals surface area contributed by atoms with E-state index in [0.29, 0.717) is 6.10 Å². The Morgan fingerprint density at radius 1 is 1.44 bits per heavy atom. The molecule has 0 aromatic heterocycles. The van der Waals surface area contributed by atoms with Gasteiger partial charge in [0.2, 0.25) is 0 Å². The average Bonchev–Trinajstić information content (AvgIpc) is 2.97. The fourth-order valence-corrected chi connectivity index (χ4v) is 3.05. The topological polar surface area (TPSA) is 38.5 Å². The van der Waals surface area contributed by atoms with Crippen LogP contribution in [0, 0.1) is 6.92 Å². The van der Waals surface area contributed by atoms with E-state index in [-0.39, 0.29) is 0 Å². The Labute approximate surface area is 109 Å². The second-order valence-electron chi connectivity index (χ2n) is 5.50. The third-order valence-electron chi connectivity index (χ3n) is 4.20. The van der Waals surface area contributed by atoms with E-state index in [1.54, 1.807) is 0 Å². The molecule has 3 nitrogen and oxygen atoms in total. The first-order valence-electron chi connectivity index (χ1n) is 6.99. The number of rotatable bonds is 3. The molecular formula is C15H22N2O. The smallest absolute Gasteiger partial charge is 0.0592 e. The molecule has 2 N–H and O–H groups in total. The van der Waals surface area contributed by atoms with Crippen LogP contribution in [0.1, 0.15) is 30.4 Å². The molecule has 3 rings (SSSR count). The van der Waals surface area contributed by atoms with Crippen molar-refractivity contribution < 1.29 is 4.74 Å². The average molecular weight is 246 g/mol. The molecule has 3 heteroatoms. The van der Waals surface area contributed by atoms with E-state index in [9.17, 15) is 0 Å². The molecule has 0 spiro atoms. The Hall–Kier alpha value is -1.22. The highest BCUT2D eigenvalue weighted by atomic mass is 16.5. The minimum atomic E-state index is 0.483. The minimum absolute atomic E-state index is 0.483. The number of hydrogen-bond donors (Lipinski definition) is 1. The van der Waals surface area contributed by atoms with Gasteiger partial charge in [-0.25, -0.2) is 0 Å². The quantitative estimate of drug-likeness (QED) is 0.833. The number of anilines is 2. The molecule has 0 saturated carbocycles. The molecule has 2 aliphatic rings. The van der Waals surface area contributed by atoms with Gasteiger partial charge in [0, 0.05) is 31.1 Å². The molecule has 1 unspecified atom stereocenters. The number of ether oxygens (including phenoxy) is 1. The summed E-state index contributed by atoms with van der Waals surface area (Å²) in [5, 5.41) is 0. The molecule has 0 aliphatic carbocycles. The van der Waals surface area contributed by atoms with Crippen LogP contribution in [0.4, 0.5) is 11.4 Å². The fraction of sp³-hybridized carbons (Fsp3) is 0.600. The van der Waals surface area contributed by atoms with Crippen molar-refractivity contribution in [3.05, 3.63) is 23.3 Å². The van der Waals surface area contributed by atoms with Gasteiger partial charge in [0.25, 0.3) is 0 Å². The summed E-state index contributed by atoms with van der Waals surface area (Å²) in [7, 11) is 0. The highest BCUT2D eigenvalue weighted by molar-refractivity contribution is 5.67. The normalized spacial score (nSPS) is 22.5. The molecule has 1 saturated heterocycles. The minimum Gasteiger partial charge on any atom is -0.398 e. The number of hydrogen-bond acceptors (Lipinski definition) is 3. The molecule has 2 heterocycles. The molecule has 1 aromatic rings. The van der Waals surface area contributed by atoms with Crippen molar-refractivity contribution in [3.8, 4) is 0 Å². The SMILES string of the molecule is Cc1cc2c(cc1N)N(CCC1CCCO1)CC2. The third-order valence-corrected chi connectivity index (χ3v) is 4.20. The van der Waals surface area contributed by atoms with Crippen molar-refractivity contribution in [2.45, 2.75) is 38.7 Å². The van der Waals surface area contributed by atoms with E-state index in [4.69, 9.17) is 10.5 Å². The summed E-state index contributed by atoms with van der Waals surface area (Å²) in [6.07, 6.45) is 5.25. The van der Waals surface area contributed by atoms with Crippen LogP contribution in [0.5, 0.6) is 0 Å². The van der Waals surface area contributed by atoms with Crippen LogP contribution in [0.15, 0.2) is 12.1 Å². The van der Waals surface area contributed by atoms with Gasteiger partial charge < -0.3 is 15.4 Å². The number of fused-ring (bicyclic) bond motifs is 1. The van der Waals surface area contributed by atoms with Crippen LogP contribution in [0.3, 0.4) is 0 Å². The number of aryl methyl sites for hydroxylation is 1. The van der Waals surface area contributed by atoms with Gasteiger partial charge in [0.15, 0.2) is 0 Å². The molecule has 0 radical (unpaired) electrons. The van der Waals surface area contributed by atoms with E-state index in [2.05, 4.69) is 24.0 Å². The van der Waals surface area contributed by atoms with Crippen molar-refractivity contribution in [2.75, 3.05) is 30.3 Å². The first-order chi connectivity index (χ1) is 8.74. The van der Waals surface area contributed by atoms with Crippen molar-refractivity contribution in [1.29, 1.82) is 0 Å². The van der Waals surface area contributed by atoms with Gasteiger partial charge in [-0.1, -0.05) is 6.07 Å². The highest BCUT2D eigenvalue weighted by Crippen LogP contribution is 2.32. The number of nitrogen functional groups attached to an aromatic ring is 1. The molecule has 2 aliphatic heterocycles. The second-order valence-corrected chi connectivity index (χ2v) is 5.50. The van der Waals surface area contributed by atoms with Crippen molar-refractivity contribution >= 4 is 11.4 Å². The Morgan fingerprint density at radius 3 is 3.11 bits per heavy atom. The van der Waals surface area contributed by atoms with Gasteiger partial charge in [0.05, 0.1) is 6.10 Å². The van der Waals surface area contributed by atoms with Crippen LogP contribution in [0.25, 0.3) is 0 Å². The molecule has 0 amide bonds. The van der Waals surface area contributed by atoms with Gasteiger partial charge in [-0.05, 0) is 49.8 Å². The largest absolute Gasteiger partial charge is 0.398 e. The van der Waals surface area contributed by atoms with Gasteiger partial charge >= 0.3 is 0 Å². The van der Waals surface area contributed by atoms with Crippen LogP contribution < -0.4 is 10.6 Å². The maximum absolute atomic E-state index is 6.02. The highest BCUT2D eigenvalue weighted by Gasteiger charge is 2.22. The lowest BCUT2D eigenvalue weighted by atomic mass is 10.1. The van der Waals surface area contributed by atoms with Crippen LogP contribution in [0.2, 0.25) is 0 Å². The molecule has 1 aromatic carbocycles. The Bertz CT molecular complexity index is 438. The summed E-state index contributed by atoms with van der Waals surface area (Å²) in [5.41, 5.74) is 10.9. The lowest BCUT2D eigenvalue weighted by Gasteiger charge is -2.21. The Morgan fingerprint density at radius 2 is 2.33 bits per heavy atom. The second kappa shape index (κ2) is 4.81. The Kier molecular flexibility index (Phi) is 3.16. The lowest BCUT2D eigenvalue weighted by Crippen LogP contribution is -2.25. The lowest BCUT2D eigenvalue weighted by molar-refractivity contribution is 0.106. The first-order valence-corrected chi connectivity index (χ1v) is 6.99. The number of nitrogens with two attached hydrogens (primary N) is 1. The maximum atomic E-state index is 6.02. The molecule has 1 atom stereocenters. The van der Waals surface area contributed by atoms with Gasteiger partial charge in [-0.3, -0.25) is 0 Å². The predicted octanol–water partition coefficient (Wildman–Crippen LogP) is 2.51. The summed E-state index contributed by atoms with van der Waals surface area (Å²) < 4.78 is 5.69. The third kappa shape index (κ3) is 2.19. The zero-order valence-corrected chi connectivity index (χ0v) is 11.1. The van der Waals surface area contributed by atoms with Gasteiger partial charge in [0.1, 0.15) is 0 Å². The molecule has 0 bridgehead atoms. The summed E-state index contributed by atoms with van der Waals surface area (Å²) >= 11 is 0. The molecule has 98 valence electrons. The zero-order chi connectivity index (χ0) is 12.5. The maximum Gasteiger partial charge on any atom is 0.0592 e. The van der Waals surface area contributed by atoms with Crippen LogP contribution in [-0.4, -0.2) is 25.8 Å². The van der Waals surface area contributed by atoms with E-state index in [0.717, 1.165) is 38.2 Å². The van der Waals surface area contributed by atoms with Crippen molar-refractivity contribution in [2.24, 2.45) is 0 Å². The van der Waals surface area contributed by atoms with E-state index >= 15 is 0 Å². The predicted molar refractivity (Wildman–Crippen MR) is 75.1 cm³/mol. The van der Waals surface area contributed by atoms with Gasteiger partial charge in [-0.15, -0.1) is 0 Å². The van der Waals surface area contributed by atoms with Crippen molar-refractivity contribution in [3.63, 3.8) is 0 Å². The zero-order valence-electron chi connectivity index (χ0n) is 11.1.